The number of aromatic nitrogens is 1. The number of carbonyl (C=O) groups is 1. The van der Waals surface area contributed by atoms with Crippen molar-refractivity contribution < 1.29 is 9.90 Å². The molecule has 2 atom stereocenters. The second kappa shape index (κ2) is 6.95. The van der Waals surface area contributed by atoms with Gasteiger partial charge in [0.05, 0.1) is 12.1 Å². The molecule has 0 bridgehead atoms. The van der Waals surface area contributed by atoms with Crippen molar-refractivity contribution in [2.24, 2.45) is 0 Å². The topological polar surface area (TPSA) is 65.5 Å². The lowest BCUT2D eigenvalue weighted by atomic mass is 10.0. The van der Waals surface area contributed by atoms with Gasteiger partial charge in [-0.25, -0.2) is 4.79 Å². The van der Waals surface area contributed by atoms with E-state index in [9.17, 15) is 9.90 Å². The monoisotopic (exact) mass is 297 g/mol. The molecule has 0 saturated heterocycles. The number of hydrogen-bond acceptors (Lipinski definition) is 4. The molecule has 0 radical (unpaired) electrons. The number of aliphatic hydroxyl groups excluding tert-OH is 1. The van der Waals surface area contributed by atoms with E-state index in [2.05, 4.69) is 23.1 Å². The maximum Gasteiger partial charge on any atom is 0.328 e. The number of aliphatic hydroxyl groups is 1. The highest BCUT2D eigenvalue weighted by Crippen LogP contribution is 2.16. The van der Waals surface area contributed by atoms with Crippen molar-refractivity contribution in [3.05, 3.63) is 30.1 Å². The molecule has 2 N–H and O–H groups in total. The van der Waals surface area contributed by atoms with Crippen LogP contribution in [0.1, 0.15) is 33.3 Å². The Labute approximate surface area is 125 Å². The number of carbonyl (C=O) groups excluding carboxylic acids is 1. The Morgan fingerprint density at radius 3 is 2.45 bits per heavy atom. The average molecular weight is 297 g/mol. The first kappa shape index (κ1) is 16.8. The van der Waals surface area contributed by atoms with Gasteiger partial charge < -0.3 is 10.4 Å². The van der Waals surface area contributed by atoms with Crippen LogP contribution in [0.4, 0.5) is 4.79 Å². The van der Waals surface area contributed by atoms with Gasteiger partial charge >= 0.3 is 6.03 Å². The van der Waals surface area contributed by atoms with Crippen LogP contribution in [0.2, 0.25) is 0 Å². The highest BCUT2D eigenvalue weighted by atomic mass is 32.1. The number of thiol groups is 1. The van der Waals surface area contributed by atoms with Crippen LogP contribution in [-0.4, -0.2) is 38.1 Å². The minimum absolute atomic E-state index is 0.319. The minimum atomic E-state index is -0.659. The highest BCUT2D eigenvalue weighted by molar-refractivity contribution is 7.78. The van der Waals surface area contributed by atoms with Crippen LogP contribution in [-0.2, 0) is 6.42 Å². The van der Waals surface area contributed by atoms with Gasteiger partial charge in [0, 0.05) is 17.9 Å². The molecule has 0 spiro atoms. The molecular weight excluding hydrogens is 274 g/mol. The summed E-state index contributed by atoms with van der Waals surface area (Å²) < 4.78 is 1.33. The molecule has 5 nitrogen and oxygen atoms in total. The Morgan fingerprint density at radius 2 is 2.00 bits per heavy atom. The van der Waals surface area contributed by atoms with Gasteiger partial charge in [-0.05, 0) is 51.8 Å². The van der Waals surface area contributed by atoms with Gasteiger partial charge in [0.1, 0.15) is 0 Å². The summed E-state index contributed by atoms with van der Waals surface area (Å²) in [5.74, 6) is 0. The molecule has 0 saturated carbocycles. The summed E-state index contributed by atoms with van der Waals surface area (Å²) in [6, 6.07) is 3.04. The smallest absolute Gasteiger partial charge is 0.328 e. The fourth-order valence-electron chi connectivity index (χ4n) is 1.64. The van der Waals surface area contributed by atoms with E-state index >= 15 is 0 Å². The van der Waals surface area contributed by atoms with Gasteiger partial charge in [-0.3, -0.25) is 9.29 Å². The summed E-state index contributed by atoms with van der Waals surface area (Å²) in [5, 5.41) is 12.6. The van der Waals surface area contributed by atoms with Gasteiger partial charge in [-0.2, -0.15) is 0 Å². The SMILES string of the molecule is C[C@H](O)[C@@H](Cc1ccncc1)NC(=O)N(S)C(C)(C)C. The van der Waals surface area contributed by atoms with Crippen molar-refractivity contribution in [3.8, 4) is 0 Å². The van der Waals surface area contributed by atoms with Gasteiger partial charge in [0.15, 0.2) is 0 Å². The second-order valence-electron chi connectivity index (χ2n) is 5.84. The zero-order valence-corrected chi connectivity index (χ0v) is 13.3. The summed E-state index contributed by atoms with van der Waals surface area (Å²) in [7, 11) is 0. The third-order valence-corrected chi connectivity index (χ3v) is 3.71. The Bertz CT molecular complexity index is 432. The van der Waals surface area contributed by atoms with Crippen molar-refractivity contribution in [2.75, 3.05) is 0 Å². The molecule has 1 aromatic heterocycles. The number of rotatable bonds is 4. The Balaban J connectivity index is 2.71. The standard InChI is InChI=1S/C14H23N3O2S/c1-10(18)12(9-11-5-7-15-8-6-11)16-13(19)17(20)14(2,3)4/h5-8,10,12,18,20H,9H2,1-4H3,(H,16,19)/t10-,12+/m0/s1. The summed E-state index contributed by atoms with van der Waals surface area (Å²) in [6.07, 6.45) is 3.26. The van der Waals surface area contributed by atoms with Gasteiger partial charge in [0.2, 0.25) is 0 Å². The van der Waals surface area contributed by atoms with Crippen molar-refractivity contribution in [3.63, 3.8) is 0 Å². The molecule has 1 heterocycles. The predicted molar refractivity (Wildman–Crippen MR) is 82.5 cm³/mol. The highest BCUT2D eigenvalue weighted by Gasteiger charge is 2.27. The molecule has 0 unspecified atom stereocenters. The normalized spacial score (nSPS) is 14.5. The molecule has 1 rings (SSSR count). The molecule has 1 aromatic rings. The Kier molecular flexibility index (Phi) is 5.83. The third kappa shape index (κ3) is 5.02. The molecule has 0 fully saturated rings. The summed E-state index contributed by atoms with van der Waals surface area (Å²) in [6.45, 7) is 7.32. The van der Waals surface area contributed by atoms with E-state index in [1.165, 1.54) is 4.31 Å². The molecule has 20 heavy (non-hydrogen) atoms. The third-order valence-electron chi connectivity index (χ3n) is 2.92. The first-order chi connectivity index (χ1) is 9.21. The molecule has 0 aliphatic heterocycles. The van der Waals surface area contributed by atoms with E-state index in [0.717, 1.165) is 5.56 Å². The fourth-order valence-corrected chi connectivity index (χ4v) is 1.70. The van der Waals surface area contributed by atoms with Crippen LogP contribution in [0, 0.1) is 0 Å². The summed E-state index contributed by atoms with van der Waals surface area (Å²) >= 11 is 4.20. The zero-order chi connectivity index (χ0) is 15.3. The van der Waals surface area contributed by atoms with Gasteiger partial charge in [-0.15, -0.1) is 0 Å². The first-order valence-electron chi connectivity index (χ1n) is 6.58. The van der Waals surface area contributed by atoms with E-state index in [-0.39, 0.29) is 12.1 Å². The van der Waals surface area contributed by atoms with E-state index < -0.39 is 11.6 Å². The molecule has 2 amide bonds. The van der Waals surface area contributed by atoms with E-state index in [1.807, 2.05) is 32.9 Å². The van der Waals surface area contributed by atoms with Crippen LogP contribution >= 0.6 is 12.8 Å². The van der Waals surface area contributed by atoms with E-state index in [1.54, 1.807) is 19.3 Å². The van der Waals surface area contributed by atoms with Crippen LogP contribution < -0.4 is 5.32 Å². The number of nitrogens with zero attached hydrogens (tertiary/aromatic N) is 2. The molecule has 0 aliphatic rings. The molecule has 0 aliphatic carbocycles. The second-order valence-corrected chi connectivity index (χ2v) is 6.24. The summed E-state index contributed by atoms with van der Waals surface area (Å²) in [5.41, 5.74) is 0.611. The van der Waals surface area contributed by atoms with Gasteiger partial charge in [-0.1, -0.05) is 12.8 Å². The van der Waals surface area contributed by atoms with Crippen LogP contribution in [0.5, 0.6) is 0 Å². The van der Waals surface area contributed by atoms with Crippen LogP contribution in [0.15, 0.2) is 24.5 Å². The summed E-state index contributed by atoms with van der Waals surface area (Å²) in [4.78, 5) is 16.1. The van der Waals surface area contributed by atoms with Crippen molar-refractivity contribution in [1.82, 2.24) is 14.6 Å². The maximum absolute atomic E-state index is 12.1. The first-order valence-corrected chi connectivity index (χ1v) is 6.98. The van der Waals surface area contributed by atoms with Gasteiger partial charge in [0.25, 0.3) is 0 Å². The number of urea groups is 1. The van der Waals surface area contributed by atoms with Crippen molar-refractivity contribution >= 4 is 18.8 Å². The number of hydrogen-bond donors (Lipinski definition) is 3. The quantitative estimate of drug-likeness (QED) is 0.745. The lowest BCUT2D eigenvalue weighted by Crippen LogP contribution is -2.51. The number of amides is 2. The minimum Gasteiger partial charge on any atom is -0.391 e. The van der Waals surface area contributed by atoms with Crippen LogP contribution in [0.3, 0.4) is 0 Å². The molecule has 112 valence electrons. The number of nitrogens with one attached hydrogen (secondary N) is 1. The lowest BCUT2D eigenvalue weighted by Gasteiger charge is -2.32. The maximum atomic E-state index is 12.1. The van der Waals surface area contributed by atoms with E-state index in [0.29, 0.717) is 6.42 Å². The molecule has 6 heteroatoms. The van der Waals surface area contributed by atoms with Crippen molar-refractivity contribution in [1.29, 1.82) is 0 Å². The van der Waals surface area contributed by atoms with Crippen molar-refractivity contribution in [2.45, 2.75) is 51.8 Å². The largest absolute Gasteiger partial charge is 0.391 e. The van der Waals surface area contributed by atoms with E-state index in [4.69, 9.17) is 0 Å². The molecule has 0 aromatic carbocycles. The average Bonchev–Trinajstić information content (AvgIpc) is 2.37. The predicted octanol–water partition coefficient (Wildman–Crippen LogP) is 2.03. The lowest BCUT2D eigenvalue weighted by molar-refractivity contribution is 0.138. The zero-order valence-electron chi connectivity index (χ0n) is 12.4. The fraction of sp³-hybridized carbons (Fsp3) is 0.571. The molecular formula is C14H23N3O2S. The Morgan fingerprint density at radius 1 is 1.45 bits per heavy atom. The van der Waals surface area contributed by atoms with Crippen LogP contribution in [0.25, 0.3) is 0 Å². The number of pyridine rings is 1. The Hall–Kier alpha value is -1.27.